The summed E-state index contributed by atoms with van der Waals surface area (Å²) in [5.41, 5.74) is 1.37. The summed E-state index contributed by atoms with van der Waals surface area (Å²) in [6.45, 7) is 1.73. The molecule has 0 radical (unpaired) electrons. The van der Waals surface area contributed by atoms with Crippen LogP contribution in [0.25, 0.3) is 5.65 Å². The minimum Gasteiger partial charge on any atom is -0.470 e. The summed E-state index contributed by atoms with van der Waals surface area (Å²) in [7, 11) is 1.30. The molecule has 0 N–H and O–H groups in total. The van der Waals surface area contributed by atoms with Crippen molar-refractivity contribution >= 4 is 11.6 Å². The monoisotopic (exact) mass is 324 g/mol. The SMILES string of the molecule is COC(=O)C(Oc1cccn2c(=O)cc(C)nc12)c1ccccc1. The summed E-state index contributed by atoms with van der Waals surface area (Å²) in [4.78, 5) is 28.6. The van der Waals surface area contributed by atoms with Crippen molar-refractivity contribution in [2.45, 2.75) is 13.0 Å². The van der Waals surface area contributed by atoms with Crippen LogP contribution in [0, 0.1) is 6.92 Å². The Balaban J connectivity index is 2.09. The Morgan fingerprint density at radius 2 is 1.92 bits per heavy atom. The number of rotatable bonds is 4. The predicted molar refractivity (Wildman–Crippen MR) is 88.0 cm³/mol. The maximum atomic E-state index is 12.2. The number of ether oxygens (including phenoxy) is 2. The average Bonchev–Trinajstić information content (AvgIpc) is 2.60. The van der Waals surface area contributed by atoms with Gasteiger partial charge in [0.15, 0.2) is 11.4 Å². The first-order chi connectivity index (χ1) is 11.6. The number of pyridine rings is 1. The van der Waals surface area contributed by atoms with Crippen molar-refractivity contribution in [1.82, 2.24) is 9.38 Å². The second-order valence-electron chi connectivity index (χ2n) is 5.23. The lowest BCUT2D eigenvalue weighted by Gasteiger charge is -2.18. The van der Waals surface area contributed by atoms with Crippen LogP contribution in [0.15, 0.2) is 59.5 Å². The molecule has 1 atom stereocenters. The molecule has 6 nitrogen and oxygen atoms in total. The number of hydrogen-bond donors (Lipinski definition) is 0. The summed E-state index contributed by atoms with van der Waals surface area (Å²) in [5.74, 6) is -0.198. The van der Waals surface area contributed by atoms with Crippen LogP contribution in [0.3, 0.4) is 0 Å². The molecular weight excluding hydrogens is 308 g/mol. The van der Waals surface area contributed by atoms with Gasteiger partial charge >= 0.3 is 5.97 Å². The molecule has 2 aromatic heterocycles. The van der Waals surface area contributed by atoms with Gasteiger partial charge in [0.1, 0.15) is 0 Å². The van der Waals surface area contributed by atoms with E-state index >= 15 is 0 Å². The quantitative estimate of drug-likeness (QED) is 0.689. The van der Waals surface area contributed by atoms with Crippen LogP contribution in [0.5, 0.6) is 5.75 Å². The zero-order valence-corrected chi connectivity index (χ0v) is 13.3. The van der Waals surface area contributed by atoms with Gasteiger partial charge in [-0.25, -0.2) is 9.78 Å². The van der Waals surface area contributed by atoms with E-state index in [4.69, 9.17) is 9.47 Å². The lowest BCUT2D eigenvalue weighted by Crippen LogP contribution is -2.21. The van der Waals surface area contributed by atoms with Gasteiger partial charge in [0.25, 0.3) is 5.56 Å². The maximum Gasteiger partial charge on any atom is 0.351 e. The predicted octanol–water partition coefficient (Wildman–Crippen LogP) is 2.30. The average molecular weight is 324 g/mol. The van der Waals surface area contributed by atoms with Crippen molar-refractivity contribution in [1.29, 1.82) is 0 Å². The second-order valence-corrected chi connectivity index (χ2v) is 5.23. The van der Waals surface area contributed by atoms with Gasteiger partial charge in [0.2, 0.25) is 6.10 Å². The maximum absolute atomic E-state index is 12.2. The number of nitrogens with zero attached hydrogens (tertiary/aromatic N) is 2. The van der Waals surface area contributed by atoms with Crippen LogP contribution in [-0.2, 0) is 9.53 Å². The fraction of sp³-hybridized carbons (Fsp3) is 0.167. The van der Waals surface area contributed by atoms with Crippen molar-refractivity contribution in [3.05, 3.63) is 76.3 Å². The third-order valence-electron chi connectivity index (χ3n) is 3.55. The summed E-state index contributed by atoms with van der Waals surface area (Å²) in [6, 6.07) is 13.8. The highest BCUT2D eigenvalue weighted by atomic mass is 16.6. The van der Waals surface area contributed by atoms with Crippen LogP contribution >= 0.6 is 0 Å². The van der Waals surface area contributed by atoms with Gasteiger partial charge in [0.05, 0.1) is 7.11 Å². The highest BCUT2D eigenvalue weighted by Gasteiger charge is 2.24. The van der Waals surface area contributed by atoms with Crippen molar-refractivity contribution in [2.75, 3.05) is 7.11 Å². The van der Waals surface area contributed by atoms with E-state index in [2.05, 4.69) is 4.98 Å². The first-order valence-electron chi connectivity index (χ1n) is 7.38. The molecule has 1 aromatic carbocycles. The molecule has 0 aliphatic rings. The number of carbonyl (C=O) groups excluding carboxylic acids is 1. The standard InChI is InChI=1S/C18H16N2O4/c1-12-11-15(21)20-10-6-9-14(17(20)19-12)24-16(18(22)23-2)13-7-4-3-5-8-13/h3-11,16H,1-2H3. The molecule has 3 aromatic rings. The number of aryl methyl sites for hydroxylation is 1. The molecule has 0 saturated heterocycles. The zero-order chi connectivity index (χ0) is 17.1. The van der Waals surface area contributed by atoms with E-state index in [0.29, 0.717) is 22.7 Å². The highest BCUT2D eigenvalue weighted by molar-refractivity contribution is 5.77. The number of hydrogen-bond acceptors (Lipinski definition) is 5. The van der Waals surface area contributed by atoms with Gasteiger partial charge in [-0.15, -0.1) is 0 Å². The topological polar surface area (TPSA) is 69.9 Å². The fourth-order valence-electron chi connectivity index (χ4n) is 2.42. The van der Waals surface area contributed by atoms with E-state index < -0.39 is 12.1 Å². The van der Waals surface area contributed by atoms with Gasteiger partial charge in [-0.2, -0.15) is 0 Å². The molecule has 0 saturated carbocycles. The molecule has 3 rings (SSSR count). The third-order valence-corrected chi connectivity index (χ3v) is 3.55. The van der Waals surface area contributed by atoms with Crippen molar-refractivity contribution in [3.63, 3.8) is 0 Å². The molecule has 2 heterocycles. The minimum absolute atomic E-state index is 0.211. The number of methoxy groups -OCH3 is 1. The van der Waals surface area contributed by atoms with E-state index in [1.807, 2.05) is 18.2 Å². The highest BCUT2D eigenvalue weighted by Crippen LogP contribution is 2.25. The third kappa shape index (κ3) is 2.99. The van der Waals surface area contributed by atoms with Crippen LogP contribution in [0.4, 0.5) is 0 Å². The molecule has 24 heavy (non-hydrogen) atoms. The number of benzene rings is 1. The Hall–Kier alpha value is -3.15. The Morgan fingerprint density at radius 3 is 2.62 bits per heavy atom. The summed E-state index contributed by atoms with van der Waals surface area (Å²) >= 11 is 0. The summed E-state index contributed by atoms with van der Waals surface area (Å²) < 4.78 is 12.1. The van der Waals surface area contributed by atoms with Gasteiger partial charge < -0.3 is 9.47 Å². The number of fused-ring (bicyclic) bond motifs is 1. The van der Waals surface area contributed by atoms with E-state index in [1.165, 1.54) is 17.6 Å². The molecule has 1 unspecified atom stereocenters. The lowest BCUT2D eigenvalue weighted by atomic mass is 10.1. The van der Waals surface area contributed by atoms with Crippen LogP contribution in [0.2, 0.25) is 0 Å². The van der Waals surface area contributed by atoms with Crippen LogP contribution in [-0.4, -0.2) is 22.5 Å². The summed E-state index contributed by atoms with van der Waals surface area (Å²) in [5, 5.41) is 0. The lowest BCUT2D eigenvalue weighted by molar-refractivity contribution is -0.149. The fourth-order valence-corrected chi connectivity index (χ4v) is 2.42. The van der Waals surface area contributed by atoms with Crippen LogP contribution in [0.1, 0.15) is 17.4 Å². The molecule has 0 aliphatic heterocycles. The second kappa shape index (κ2) is 6.54. The first kappa shape index (κ1) is 15.7. The van der Waals surface area contributed by atoms with Gasteiger partial charge in [0, 0.05) is 23.5 Å². The van der Waals surface area contributed by atoms with Crippen molar-refractivity contribution in [3.8, 4) is 5.75 Å². The molecule has 6 heteroatoms. The Labute approximate surface area is 138 Å². The minimum atomic E-state index is -0.945. The molecule has 0 amide bonds. The molecule has 0 fully saturated rings. The first-order valence-corrected chi connectivity index (χ1v) is 7.38. The number of esters is 1. The van der Waals surface area contributed by atoms with Crippen molar-refractivity contribution < 1.29 is 14.3 Å². The smallest absolute Gasteiger partial charge is 0.351 e. The van der Waals surface area contributed by atoms with Gasteiger partial charge in [-0.1, -0.05) is 30.3 Å². The van der Waals surface area contributed by atoms with E-state index in [9.17, 15) is 9.59 Å². The normalized spacial score (nSPS) is 11.9. The Kier molecular flexibility index (Phi) is 4.29. The molecular formula is C18H16N2O4. The molecule has 122 valence electrons. The Morgan fingerprint density at radius 1 is 1.17 bits per heavy atom. The van der Waals surface area contributed by atoms with Crippen molar-refractivity contribution in [2.24, 2.45) is 0 Å². The van der Waals surface area contributed by atoms with Gasteiger partial charge in [-0.3, -0.25) is 9.20 Å². The zero-order valence-electron chi connectivity index (χ0n) is 13.3. The number of aromatic nitrogens is 2. The van der Waals surface area contributed by atoms with Gasteiger partial charge in [-0.05, 0) is 19.1 Å². The Bertz CT molecular complexity index is 935. The van der Waals surface area contributed by atoms with Crippen LogP contribution < -0.4 is 10.3 Å². The molecule has 0 aliphatic carbocycles. The van der Waals surface area contributed by atoms with E-state index in [0.717, 1.165) is 0 Å². The molecule has 0 spiro atoms. The largest absolute Gasteiger partial charge is 0.470 e. The van der Waals surface area contributed by atoms with E-state index in [1.54, 1.807) is 37.4 Å². The molecule has 0 bridgehead atoms. The number of carbonyl (C=O) groups is 1. The van der Waals surface area contributed by atoms with E-state index in [-0.39, 0.29) is 5.56 Å². The summed E-state index contributed by atoms with van der Waals surface area (Å²) in [6.07, 6.45) is 0.659.